The topological polar surface area (TPSA) is 75.7 Å². The first-order valence-electron chi connectivity index (χ1n) is 10.3. The van der Waals surface area contributed by atoms with Crippen LogP contribution < -0.4 is 5.32 Å². The number of carbonyl (C=O) groups excluding carboxylic acids is 1. The van der Waals surface area contributed by atoms with Crippen molar-refractivity contribution in [1.29, 1.82) is 0 Å². The van der Waals surface area contributed by atoms with Gasteiger partial charge in [-0.25, -0.2) is 8.42 Å². The van der Waals surface area contributed by atoms with Gasteiger partial charge in [0, 0.05) is 18.7 Å². The lowest BCUT2D eigenvalue weighted by Gasteiger charge is -2.27. The number of sulfonamides is 1. The van der Waals surface area contributed by atoms with Crippen LogP contribution in [-0.4, -0.2) is 44.9 Å². The van der Waals surface area contributed by atoms with Crippen molar-refractivity contribution in [3.05, 3.63) is 64.2 Å². The summed E-state index contributed by atoms with van der Waals surface area (Å²) in [5.41, 5.74) is 4.34. The number of amides is 1. The van der Waals surface area contributed by atoms with Gasteiger partial charge in [0.2, 0.25) is 10.0 Å². The fraction of sp³-hybridized carbons (Fsp3) is 0.435. The van der Waals surface area contributed by atoms with Crippen LogP contribution in [0.1, 0.15) is 52.0 Å². The number of hydrogen-bond acceptors (Lipinski definition) is 4. The van der Waals surface area contributed by atoms with Crippen molar-refractivity contribution in [3.63, 3.8) is 0 Å². The molecule has 1 saturated heterocycles. The number of nitrogens with one attached hydrogen (secondary N) is 1. The summed E-state index contributed by atoms with van der Waals surface area (Å²) in [6.07, 6.45) is 0.737. The Kier molecular flexibility index (Phi) is 6.95. The molecule has 0 saturated carbocycles. The predicted octanol–water partition coefficient (Wildman–Crippen LogP) is 3.51. The minimum Gasteiger partial charge on any atom is -0.379 e. The quantitative estimate of drug-likeness (QED) is 0.761. The van der Waals surface area contributed by atoms with Gasteiger partial charge in [-0.1, -0.05) is 36.8 Å². The first-order chi connectivity index (χ1) is 14.2. The number of nitrogens with zero attached hydrogens (tertiary/aromatic N) is 1. The van der Waals surface area contributed by atoms with Gasteiger partial charge in [-0.05, 0) is 56.0 Å². The predicted molar refractivity (Wildman–Crippen MR) is 117 cm³/mol. The lowest BCUT2D eigenvalue weighted by atomic mass is 9.97. The van der Waals surface area contributed by atoms with Crippen LogP contribution in [-0.2, 0) is 14.8 Å². The lowest BCUT2D eigenvalue weighted by Crippen LogP contribution is -2.41. The third-order valence-electron chi connectivity index (χ3n) is 5.55. The van der Waals surface area contributed by atoms with E-state index in [4.69, 9.17) is 4.74 Å². The molecule has 2 aromatic rings. The SMILES string of the molecule is CC[C@@H](NC(=O)c1ccc(C)c(S(=O)(=O)N2CCOCC2)c1)c1ccc(C)cc1C. The molecule has 1 atom stereocenters. The maximum Gasteiger partial charge on any atom is 0.251 e. The van der Waals surface area contributed by atoms with Crippen molar-refractivity contribution >= 4 is 15.9 Å². The van der Waals surface area contributed by atoms with Crippen LogP contribution in [0.5, 0.6) is 0 Å². The second kappa shape index (κ2) is 9.29. The lowest BCUT2D eigenvalue weighted by molar-refractivity contribution is 0.0730. The number of rotatable bonds is 6. The normalized spacial score (nSPS) is 16.3. The van der Waals surface area contributed by atoms with E-state index in [1.54, 1.807) is 19.1 Å². The van der Waals surface area contributed by atoms with Gasteiger partial charge in [0.15, 0.2) is 0 Å². The van der Waals surface area contributed by atoms with E-state index < -0.39 is 10.0 Å². The Hall–Kier alpha value is -2.22. The minimum absolute atomic E-state index is 0.140. The molecule has 0 radical (unpaired) electrons. The van der Waals surface area contributed by atoms with Crippen LogP contribution in [0.2, 0.25) is 0 Å². The molecule has 3 rings (SSSR count). The van der Waals surface area contributed by atoms with E-state index in [0.29, 0.717) is 37.4 Å². The standard InChI is InChI=1S/C23H30N2O4S/c1-5-21(20-9-6-16(2)14-18(20)4)24-23(26)19-8-7-17(3)22(15-19)30(27,28)25-10-12-29-13-11-25/h6-9,14-15,21H,5,10-13H2,1-4H3,(H,24,26)/t21-/m1/s1. The fourth-order valence-corrected chi connectivity index (χ4v) is 5.46. The van der Waals surface area contributed by atoms with Crippen molar-refractivity contribution < 1.29 is 17.9 Å². The maximum atomic E-state index is 13.1. The molecule has 1 aliphatic rings. The monoisotopic (exact) mass is 430 g/mol. The van der Waals surface area contributed by atoms with Crippen molar-refractivity contribution in [2.75, 3.05) is 26.3 Å². The Morgan fingerprint density at radius 3 is 2.40 bits per heavy atom. The Bertz CT molecular complexity index is 1030. The van der Waals surface area contributed by atoms with Crippen molar-refractivity contribution in [1.82, 2.24) is 9.62 Å². The first kappa shape index (κ1) is 22.5. The van der Waals surface area contributed by atoms with Gasteiger partial charge in [0.1, 0.15) is 0 Å². The smallest absolute Gasteiger partial charge is 0.251 e. The summed E-state index contributed by atoms with van der Waals surface area (Å²) in [6.45, 7) is 9.26. The number of benzene rings is 2. The molecular weight excluding hydrogens is 400 g/mol. The van der Waals surface area contributed by atoms with Gasteiger partial charge in [-0.3, -0.25) is 4.79 Å². The number of aryl methyl sites for hydroxylation is 3. The Labute approximate surface area is 179 Å². The molecule has 1 amide bonds. The van der Waals surface area contributed by atoms with Crippen LogP contribution in [0.4, 0.5) is 0 Å². The molecular formula is C23H30N2O4S. The Morgan fingerprint density at radius 2 is 1.77 bits per heavy atom. The molecule has 0 spiro atoms. The fourth-order valence-electron chi connectivity index (χ4n) is 3.80. The average molecular weight is 431 g/mol. The molecule has 162 valence electrons. The summed E-state index contributed by atoms with van der Waals surface area (Å²) in [6, 6.07) is 10.9. The van der Waals surface area contributed by atoms with Crippen LogP contribution in [0.3, 0.4) is 0 Å². The van der Waals surface area contributed by atoms with Gasteiger partial charge >= 0.3 is 0 Å². The molecule has 30 heavy (non-hydrogen) atoms. The molecule has 1 aliphatic heterocycles. The van der Waals surface area contributed by atoms with Gasteiger partial charge in [0.25, 0.3) is 5.91 Å². The van der Waals surface area contributed by atoms with E-state index in [2.05, 4.69) is 11.4 Å². The van der Waals surface area contributed by atoms with Gasteiger partial charge in [-0.2, -0.15) is 4.31 Å². The highest BCUT2D eigenvalue weighted by atomic mass is 32.2. The molecule has 0 aliphatic carbocycles. The average Bonchev–Trinajstić information content (AvgIpc) is 2.73. The third-order valence-corrected chi connectivity index (χ3v) is 7.59. The molecule has 0 aromatic heterocycles. The second-order valence-electron chi connectivity index (χ2n) is 7.79. The Balaban J connectivity index is 1.86. The molecule has 0 bridgehead atoms. The zero-order chi connectivity index (χ0) is 21.9. The summed E-state index contributed by atoms with van der Waals surface area (Å²) >= 11 is 0. The molecule has 1 N–H and O–H groups in total. The number of hydrogen-bond donors (Lipinski definition) is 1. The van der Waals surface area contributed by atoms with Crippen LogP contribution in [0, 0.1) is 20.8 Å². The summed E-state index contributed by atoms with van der Waals surface area (Å²) < 4.78 is 32.9. The highest BCUT2D eigenvalue weighted by Crippen LogP contribution is 2.25. The largest absolute Gasteiger partial charge is 0.379 e. The number of carbonyl (C=O) groups is 1. The summed E-state index contributed by atoms with van der Waals surface area (Å²) in [7, 11) is -3.67. The van der Waals surface area contributed by atoms with E-state index in [-0.39, 0.29) is 16.8 Å². The minimum atomic E-state index is -3.67. The second-order valence-corrected chi connectivity index (χ2v) is 9.70. The van der Waals surface area contributed by atoms with Crippen molar-refractivity contribution in [2.24, 2.45) is 0 Å². The molecule has 6 nitrogen and oxygen atoms in total. The van der Waals surface area contributed by atoms with E-state index >= 15 is 0 Å². The van der Waals surface area contributed by atoms with E-state index in [1.165, 1.54) is 15.9 Å². The van der Waals surface area contributed by atoms with E-state index in [1.807, 2.05) is 32.9 Å². The number of ether oxygens (including phenoxy) is 1. The van der Waals surface area contributed by atoms with Crippen molar-refractivity contribution in [2.45, 2.75) is 45.1 Å². The first-order valence-corrected chi connectivity index (χ1v) is 11.7. The van der Waals surface area contributed by atoms with Crippen LogP contribution >= 0.6 is 0 Å². The van der Waals surface area contributed by atoms with E-state index in [0.717, 1.165) is 17.5 Å². The molecule has 7 heteroatoms. The Morgan fingerprint density at radius 1 is 1.07 bits per heavy atom. The summed E-state index contributed by atoms with van der Waals surface area (Å²) in [5, 5.41) is 3.07. The molecule has 0 unspecified atom stereocenters. The van der Waals surface area contributed by atoms with Crippen LogP contribution in [0.15, 0.2) is 41.3 Å². The van der Waals surface area contributed by atoms with E-state index in [9.17, 15) is 13.2 Å². The zero-order valence-corrected chi connectivity index (χ0v) is 18.9. The molecule has 1 fully saturated rings. The molecule has 2 aromatic carbocycles. The summed E-state index contributed by atoms with van der Waals surface area (Å²) in [5.74, 6) is -0.278. The zero-order valence-electron chi connectivity index (χ0n) is 18.1. The molecule has 1 heterocycles. The van der Waals surface area contributed by atoms with Crippen LogP contribution in [0.25, 0.3) is 0 Å². The van der Waals surface area contributed by atoms with Gasteiger partial charge in [-0.15, -0.1) is 0 Å². The number of morpholine rings is 1. The van der Waals surface area contributed by atoms with Gasteiger partial charge in [0.05, 0.1) is 24.2 Å². The van der Waals surface area contributed by atoms with Crippen molar-refractivity contribution in [3.8, 4) is 0 Å². The third kappa shape index (κ3) is 4.74. The highest BCUT2D eigenvalue weighted by molar-refractivity contribution is 7.89. The maximum absolute atomic E-state index is 13.1. The summed E-state index contributed by atoms with van der Waals surface area (Å²) in [4.78, 5) is 13.2. The van der Waals surface area contributed by atoms with Gasteiger partial charge < -0.3 is 10.1 Å². The highest BCUT2D eigenvalue weighted by Gasteiger charge is 2.28.